The number of carbonyl (C=O) groups is 1. The largest absolute Gasteiger partial charge is 0.288 e. The Morgan fingerprint density at radius 1 is 1.00 bits per heavy atom. The van der Waals surface area contributed by atoms with Crippen LogP contribution < -0.4 is 4.90 Å². The average Bonchev–Trinajstić information content (AvgIpc) is 2.67. The van der Waals surface area contributed by atoms with E-state index in [2.05, 4.69) is 31.0 Å². The van der Waals surface area contributed by atoms with Gasteiger partial charge >= 0.3 is 0 Å². The molecule has 1 heterocycles. The number of benzene rings is 2. The molecule has 0 saturated carbocycles. The zero-order chi connectivity index (χ0) is 18.5. The van der Waals surface area contributed by atoms with Crippen molar-refractivity contribution >= 4 is 11.7 Å². The molecule has 0 fully saturated rings. The molecular weight excluding hydrogens is 327 g/mol. The molecule has 0 unspecified atom stereocenters. The van der Waals surface area contributed by atoms with Crippen LogP contribution in [0.5, 0.6) is 0 Å². The molecule has 3 aromatic rings. The molecule has 0 bridgehead atoms. The molecule has 1 aromatic heterocycles. The van der Waals surface area contributed by atoms with Gasteiger partial charge in [0.2, 0.25) is 0 Å². The lowest BCUT2D eigenvalue weighted by atomic mass is 10.0. The molecule has 4 heteroatoms. The van der Waals surface area contributed by atoms with Crippen LogP contribution in [-0.2, 0) is 6.54 Å². The number of hydrogen-bond acceptors (Lipinski definition) is 2. The van der Waals surface area contributed by atoms with Crippen LogP contribution in [0.15, 0.2) is 72.9 Å². The summed E-state index contributed by atoms with van der Waals surface area (Å²) in [6.45, 7) is 4.59. The first-order valence-corrected chi connectivity index (χ1v) is 8.62. The molecule has 0 radical (unpaired) electrons. The van der Waals surface area contributed by atoms with Crippen molar-refractivity contribution in [3.8, 4) is 0 Å². The number of halogens is 1. The van der Waals surface area contributed by atoms with Crippen molar-refractivity contribution < 1.29 is 9.18 Å². The second-order valence-corrected chi connectivity index (χ2v) is 6.46. The predicted molar refractivity (Wildman–Crippen MR) is 102 cm³/mol. The summed E-state index contributed by atoms with van der Waals surface area (Å²) in [6.07, 6.45) is 1.62. The van der Waals surface area contributed by atoms with Crippen LogP contribution in [0.25, 0.3) is 0 Å². The standard InChI is InChI=1S/C22H21FN2O/c1-16(2)18-12-10-17(11-13-18)15-25(21-9-5-6-14-24-21)22(26)19-7-3-4-8-20(19)23/h3-14,16H,15H2,1-2H3. The first-order chi connectivity index (χ1) is 12.6. The number of pyridine rings is 1. The zero-order valence-electron chi connectivity index (χ0n) is 14.9. The van der Waals surface area contributed by atoms with Crippen molar-refractivity contribution in [2.24, 2.45) is 0 Å². The van der Waals surface area contributed by atoms with Crippen molar-refractivity contribution in [3.63, 3.8) is 0 Å². The highest BCUT2D eigenvalue weighted by atomic mass is 19.1. The minimum atomic E-state index is -0.534. The Labute approximate surface area is 153 Å². The SMILES string of the molecule is CC(C)c1ccc(CN(C(=O)c2ccccc2F)c2ccccn2)cc1. The maximum Gasteiger partial charge on any atom is 0.262 e. The molecule has 0 N–H and O–H groups in total. The van der Waals surface area contributed by atoms with Gasteiger partial charge in [0.25, 0.3) is 5.91 Å². The highest BCUT2D eigenvalue weighted by Crippen LogP contribution is 2.21. The molecule has 3 rings (SSSR count). The molecule has 132 valence electrons. The topological polar surface area (TPSA) is 33.2 Å². The van der Waals surface area contributed by atoms with E-state index in [0.29, 0.717) is 18.3 Å². The second kappa shape index (κ2) is 7.91. The molecule has 0 spiro atoms. The molecule has 3 nitrogen and oxygen atoms in total. The van der Waals surface area contributed by atoms with E-state index in [4.69, 9.17) is 0 Å². The Hall–Kier alpha value is -3.01. The number of amides is 1. The van der Waals surface area contributed by atoms with E-state index >= 15 is 0 Å². The van der Waals surface area contributed by atoms with Crippen molar-refractivity contribution in [2.45, 2.75) is 26.3 Å². The summed E-state index contributed by atoms with van der Waals surface area (Å²) in [5.74, 6) is -0.00648. The number of carbonyl (C=O) groups excluding carboxylic acids is 1. The Morgan fingerprint density at radius 2 is 1.69 bits per heavy atom. The number of nitrogens with zero attached hydrogens (tertiary/aromatic N) is 2. The highest BCUT2D eigenvalue weighted by molar-refractivity contribution is 6.05. The summed E-state index contributed by atoms with van der Waals surface area (Å²) < 4.78 is 14.1. The lowest BCUT2D eigenvalue weighted by Crippen LogP contribution is -2.31. The third-order valence-electron chi connectivity index (χ3n) is 4.26. The Balaban J connectivity index is 1.94. The van der Waals surface area contributed by atoms with E-state index in [0.717, 1.165) is 5.56 Å². The number of hydrogen-bond donors (Lipinski definition) is 0. The zero-order valence-corrected chi connectivity index (χ0v) is 14.9. The van der Waals surface area contributed by atoms with Crippen molar-refractivity contribution in [2.75, 3.05) is 4.90 Å². The maximum absolute atomic E-state index is 14.1. The van der Waals surface area contributed by atoms with Crippen LogP contribution in [-0.4, -0.2) is 10.9 Å². The van der Waals surface area contributed by atoms with Gasteiger partial charge in [-0.3, -0.25) is 9.69 Å². The fourth-order valence-corrected chi connectivity index (χ4v) is 2.74. The van der Waals surface area contributed by atoms with Gasteiger partial charge in [0, 0.05) is 6.20 Å². The first kappa shape index (κ1) is 17.8. The number of rotatable bonds is 5. The minimum Gasteiger partial charge on any atom is -0.288 e. The lowest BCUT2D eigenvalue weighted by Gasteiger charge is -2.22. The van der Waals surface area contributed by atoms with E-state index in [-0.39, 0.29) is 5.56 Å². The van der Waals surface area contributed by atoms with Gasteiger partial charge < -0.3 is 0 Å². The van der Waals surface area contributed by atoms with Gasteiger partial charge in [-0.15, -0.1) is 0 Å². The van der Waals surface area contributed by atoms with Crippen LogP contribution >= 0.6 is 0 Å². The van der Waals surface area contributed by atoms with Crippen LogP contribution in [0.3, 0.4) is 0 Å². The Kier molecular flexibility index (Phi) is 5.42. The van der Waals surface area contributed by atoms with E-state index in [9.17, 15) is 9.18 Å². The van der Waals surface area contributed by atoms with Gasteiger partial charge in [-0.1, -0.05) is 56.3 Å². The fourth-order valence-electron chi connectivity index (χ4n) is 2.74. The van der Waals surface area contributed by atoms with E-state index < -0.39 is 11.7 Å². The number of anilines is 1. The molecule has 0 atom stereocenters. The van der Waals surface area contributed by atoms with Gasteiger partial charge in [0.15, 0.2) is 0 Å². The Morgan fingerprint density at radius 3 is 2.31 bits per heavy atom. The monoisotopic (exact) mass is 348 g/mol. The maximum atomic E-state index is 14.1. The third-order valence-corrected chi connectivity index (χ3v) is 4.26. The third kappa shape index (κ3) is 3.97. The number of aromatic nitrogens is 1. The van der Waals surface area contributed by atoms with Crippen molar-refractivity contribution in [3.05, 3.63) is 95.4 Å². The van der Waals surface area contributed by atoms with Crippen LogP contribution in [0, 0.1) is 5.82 Å². The summed E-state index contributed by atoms with van der Waals surface area (Å²) >= 11 is 0. The minimum absolute atomic E-state index is 0.0388. The summed E-state index contributed by atoms with van der Waals surface area (Å²) in [5, 5.41) is 0. The molecule has 0 aliphatic heterocycles. The summed E-state index contributed by atoms with van der Waals surface area (Å²) in [7, 11) is 0. The molecule has 0 aliphatic rings. The van der Waals surface area contributed by atoms with Crippen LogP contribution in [0.2, 0.25) is 0 Å². The summed E-state index contributed by atoms with van der Waals surface area (Å²) in [6, 6.07) is 19.5. The van der Waals surface area contributed by atoms with E-state index in [1.54, 1.807) is 30.5 Å². The lowest BCUT2D eigenvalue weighted by molar-refractivity contribution is 0.0980. The summed E-state index contributed by atoms with van der Waals surface area (Å²) in [5.41, 5.74) is 2.24. The molecule has 26 heavy (non-hydrogen) atoms. The molecule has 0 aliphatic carbocycles. The van der Waals surface area contributed by atoms with Gasteiger partial charge in [0.05, 0.1) is 12.1 Å². The molecule has 2 aromatic carbocycles. The predicted octanol–water partition coefficient (Wildman–Crippen LogP) is 5.19. The first-order valence-electron chi connectivity index (χ1n) is 8.62. The van der Waals surface area contributed by atoms with Crippen LogP contribution in [0.4, 0.5) is 10.2 Å². The second-order valence-electron chi connectivity index (χ2n) is 6.46. The normalized spacial score (nSPS) is 10.8. The highest BCUT2D eigenvalue weighted by Gasteiger charge is 2.21. The van der Waals surface area contributed by atoms with Gasteiger partial charge in [0.1, 0.15) is 11.6 Å². The van der Waals surface area contributed by atoms with Crippen LogP contribution in [0.1, 0.15) is 41.3 Å². The quantitative estimate of drug-likeness (QED) is 0.635. The smallest absolute Gasteiger partial charge is 0.262 e. The average molecular weight is 348 g/mol. The molecular formula is C22H21FN2O. The van der Waals surface area contributed by atoms with E-state index in [1.165, 1.54) is 22.6 Å². The van der Waals surface area contributed by atoms with Gasteiger partial charge in [-0.05, 0) is 41.3 Å². The van der Waals surface area contributed by atoms with Gasteiger partial charge in [-0.25, -0.2) is 9.37 Å². The molecule has 0 saturated heterocycles. The van der Waals surface area contributed by atoms with E-state index in [1.807, 2.05) is 18.2 Å². The van der Waals surface area contributed by atoms with Crippen molar-refractivity contribution in [1.82, 2.24) is 4.98 Å². The fraction of sp³-hybridized carbons (Fsp3) is 0.182. The summed E-state index contributed by atoms with van der Waals surface area (Å²) in [4.78, 5) is 18.8. The van der Waals surface area contributed by atoms with Gasteiger partial charge in [-0.2, -0.15) is 0 Å². The van der Waals surface area contributed by atoms with Crippen molar-refractivity contribution in [1.29, 1.82) is 0 Å². The Bertz CT molecular complexity index is 876. The molecule has 1 amide bonds.